The molecule has 1 N–H and O–H groups in total. The minimum Gasteiger partial charge on any atom is -0.480 e. The summed E-state index contributed by atoms with van der Waals surface area (Å²) in [7, 11) is 1.41. The number of anilines is 1. The molecule has 0 saturated heterocycles. The molecule has 1 aromatic carbocycles. The fraction of sp³-hybridized carbons (Fsp3) is 0.333. The molecule has 90 valence electrons. The van der Waals surface area contributed by atoms with Crippen molar-refractivity contribution in [3.05, 3.63) is 29.8 Å². The predicted octanol–water partition coefficient (Wildman–Crippen LogP) is 0.675. The van der Waals surface area contributed by atoms with Crippen LogP contribution >= 0.6 is 0 Å². The van der Waals surface area contributed by atoms with Gasteiger partial charge in [-0.05, 0) is 11.6 Å². The van der Waals surface area contributed by atoms with Gasteiger partial charge in [-0.15, -0.1) is 0 Å². The molecular formula is C12H13NO4. The van der Waals surface area contributed by atoms with Crippen LogP contribution in [-0.4, -0.2) is 36.7 Å². The SMILES string of the molecule is COCC(=O)N1c2ccccc2CC1C(=O)O. The van der Waals surface area contributed by atoms with Crippen LogP contribution in [0.1, 0.15) is 5.56 Å². The highest BCUT2D eigenvalue weighted by Gasteiger charge is 2.37. The monoisotopic (exact) mass is 235 g/mol. The zero-order chi connectivity index (χ0) is 12.4. The number of carbonyl (C=O) groups is 2. The lowest BCUT2D eigenvalue weighted by atomic mass is 10.1. The Hall–Kier alpha value is -1.88. The average Bonchev–Trinajstić information content (AvgIpc) is 2.68. The van der Waals surface area contributed by atoms with E-state index in [1.807, 2.05) is 12.1 Å². The molecule has 1 aliphatic heterocycles. The zero-order valence-electron chi connectivity index (χ0n) is 9.42. The molecule has 1 unspecified atom stereocenters. The Morgan fingerprint density at radius 1 is 1.47 bits per heavy atom. The van der Waals surface area contributed by atoms with Gasteiger partial charge in [0.2, 0.25) is 0 Å². The summed E-state index contributed by atoms with van der Waals surface area (Å²) in [5, 5.41) is 9.14. The summed E-state index contributed by atoms with van der Waals surface area (Å²) in [6.07, 6.45) is 0.348. The first-order valence-electron chi connectivity index (χ1n) is 5.27. The maximum absolute atomic E-state index is 11.9. The van der Waals surface area contributed by atoms with E-state index in [0.29, 0.717) is 12.1 Å². The number of fused-ring (bicyclic) bond motifs is 1. The van der Waals surface area contributed by atoms with Crippen LogP contribution in [0.4, 0.5) is 5.69 Å². The van der Waals surface area contributed by atoms with Crippen LogP contribution in [0.5, 0.6) is 0 Å². The van der Waals surface area contributed by atoms with Crippen molar-refractivity contribution in [3.8, 4) is 0 Å². The van der Waals surface area contributed by atoms with Gasteiger partial charge >= 0.3 is 5.97 Å². The Morgan fingerprint density at radius 3 is 2.82 bits per heavy atom. The lowest BCUT2D eigenvalue weighted by Crippen LogP contribution is -2.44. The van der Waals surface area contributed by atoms with Crippen LogP contribution in [0.25, 0.3) is 0 Å². The molecule has 0 bridgehead atoms. The number of carboxylic acid groups (broad SMARTS) is 1. The van der Waals surface area contributed by atoms with E-state index < -0.39 is 12.0 Å². The smallest absolute Gasteiger partial charge is 0.327 e. The molecule has 1 heterocycles. The van der Waals surface area contributed by atoms with E-state index in [0.717, 1.165) is 5.56 Å². The Morgan fingerprint density at radius 2 is 2.18 bits per heavy atom. The van der Waals surface area contributed by atoms with Crippen LogP contribution in [0, 0.1) is 0 Å². The highest BCUT2D eigenvalue weighted by atomic mass is 16.5. The lowest BCUT2D eigenvalue weighted by molar-refractivity contribution is -0.140. The summed E-state index contributed by atoms with van der Waals surface area (Å²) in [4.78, 5) is 24.3. The Bertz CT molecular complexity index is 458. The van der Waals surface area contributed by atoms with Crippen LogP contribution in [-0.2, 0) is 20.7 Å². The Labute approximate surface area is 98.6 Å². The van der Waals surface area contributed by atoms with Crippen molar-refractivity contribution in [1.82, 2.24) is 0 Å². The van der Waals surface area contributed by atoms with E-state index >= 15 is 0 Å². The Kier molecular flexibility index (Phi) is 3.10. The van der Waals surface area contributed by atoms with E-state index in [2.05, 4.69) is 0 Å². The number of aliphatic carboxylic acids is 1. The maximum Gasteiger partial charge on any atom is 0.327 e. The van der Waals surface area contributed by atoms with Crippen LogP contribution in [0.2, 0.25) is 0 Å². The number of benzene rings is 1. The zero-order valence-corrected chi connectivity index (χ0v) is 9.42. The highest BCUT2D eigenvalue weighted by Crippen LogP contribution is 2.32. The number of ether oxygens (including phenoxy) is 1. The van der Waals surface area contributed by atoms with Gasteiger partial charge in [0.1, 0.15) is 12.6 Å². The number of rotatable bonds is 3. The molecule has 1 aromatic rings. The third-order valence-corrected chi connectivity index (χ3v) is 2.80. The van der Waals surface area contributed by atoms with Crippen molar-refractivity contribution < 1.29 is 19.4 Å². The number of carboxylic acids is 1. The average molecular weight is 235 g/mol. The maximum atomic E-state index is 11.9. The topological polar surface area (TPSA) is 66.8 Å². The minimum absolute atomic E-state index is 0.113. The van der Waals surface area contributed by atoms with E-state index in [1.165, 1.54) is 12.0 Å². The molecule has 5 nitrogen and oxygen atoms in total. The number of amides is 1. The van der Waals surface area contributed by atoms with Crippen molar-refractivity contribution in [1.29, 1.82) is 0 Å². The van der Waals surface area contributed by atoms with E-state index in [4.69, 9.17) is 9.84 Å². The molecule has 17 heavy (non-hydrogen) atoms. The largest absolute Gasteiger partial charge is 0.480 e. The van der Waals surface area contributed by atoms with Gasteiger partial charge in [0, 0.05) is 19.2 Å². The van der Waals surface area contributed by atoms with Crippen molar-refractivity contribution in [2.75, 3.05) is 18.6 Å². The first kappa shape index (κ1) is 11.6. The van der Waals surface area contributed by atoms with E-state index in [1.54, 1.807) is 12.1 Å². The van der Waals surface area contributed by atoms with Crippen molar-refractivity contribution >= 4 is 17.6 Å². The summed E-state index contributed by atoms with van der Waals surface area (Å²) in [5.74, 6) is -1.32. The third kappa shape index (κ3) is 2.01. The molecule has 2 rings (SSSR count). The molecule has 5 heteroatoms. The Balaban J connectivity index is 2.37. The predicted molar refractivity (Wildman–Crippen MR) is 60.9 cm³/mol. The van der Waals surface area contributed by atoms with Gasteiger partial charge < -0.3 is 9.84 Å². The van der Waals surface area contributed by atoms with Crippen molar-refractivity contribution in [3.63, 3.8) is 0 Å². The third-order valence-electron chi connectivity index (χ3n) is 2.80. The van der Waals surface area contributed by atoms with Gasteiger partial charge in [-0.3, -0.25) is 9.69 Å². The first-order chi connectivity index (χ1) is 8.15. The molecule has 0 fully saturated rings. The normalized spacial score (nSPS) is 17.9. The molecule has 0 aliphatic carbocycles. The van der Waals surface area contributed by atoms with Gasteiger partial charge in [-0.1, -0.05) is 18.2 Å². The summed E-state index contributed by atoms with van der Waals surface area (Å²) >= 11 is 0. The van der Waals surface area contributed by atoms with Crippen LogP contribution in [0.15, 0.2) is 24.3 Å². The number of carbonyl (C=O) groups excluding carboxylic acids is 1. The van der Waals surface area contributed by atoms with Crippen molar-refractivity contribution in [2.45, 2.75) is 12.5 Å². The van der Waals surface area contributed by atoms with E-state index in [9.17, 15) is 9.59 Å². The fourth-order valence-corrected chi connectivity index (χ4v) is 2.08. The van der Waals surface area contributed by atoms with Crippen LogP contribution < -0.4 is 4.90 Å². The molecule has 1 amide bonds. The minimum atomic E-state index is -0.995. The van der Waals surface area contributed by atoms with Gasteiger partial charge in [-0.25, -0.2) is 4.79 Å². The lowest BCUT2D eigenvalue weighted by Gasteiger charge is -2.22. The second kappa shape index (κ2) is 4.55. The van der Waals surface area contributed by atoms with Gasteiger partial charge in [0.15, 0.2) is 0 Å². The van der Waals surface area contributed by atoms with Gasteiger partial charge in [-0.2, -0.15) is 0 Å². The standard InChI is InChI=1S/C12H13NO4/c1-17-7-11(14)13-9-5-3-2-4-8(9)6-10(13)12(15)16/h2-5,10H,6-7H2,1H3,(H,15,16). The summed E-state index contributed by atoms with van der Waals surface area (Å²) in [5.41, 5.74) is 1.55. The number of hydrogen-bond donors (Lipinski definition) is 1. The fourth-order valence-electron chi connectivity index (χ4n) is 2.08. The molecule has 1 atom stereocenters. The second-order valence-electron chi connectivity index (χ2n) is 3.88. The number of methoxy groups -OCH3 is 1. The molecule has 1 aliphatic rings. The number of hydrogen-bond acceptors (Lipinski definition) is 3. The molecule has 0 saturated carbocycles. The molecule has 0 aromatic heterocycles. The highest BCUT2D eigenvalue weighted by molar-refractivity contribution is 6.02. The quantitative estimate of drug-likeness (QED) is 0.836. The van der Waals surface area contributed by atoms with Crippen LogP contribution in [0.3, 0.4) is 0 Å². The summed E-state index contributed by atoms with van der Waals surface area (Å²) in [6, 6.07) is 6.39. The number of para-hydroxylation sites is 1. The number of nitrogens with zero attached hydrogens (tertiary/aromatic N) is 1. The van der Waals surface area contributed by atoms with Gasteiger partial charge in [0.25, 0.3) is 5.91 Å². The second-order valence-corrected chi connectivity index (χ2v) is 3.88. The summed E-state index contributed by atoms with van der Waals surface area (Å²) in [6.45, 7) is -0.113. The van der Waals surface area contributed by atoms with Gasteiger partial charge in [0.05, 0.1) is 0 Å². The first-order valence-corrected chi connectivity index (χ1v) is 5.27. The molecule has 0 spiro atoms. The molecular weight excluding hydrogens is 222 g/mol. The van der Waals surface area contributed by atoms with Crippen molar-refractivity contribution in [2.24, 2.45) is 0 Å². The molecule has 0 radical (unpaired) electrons. The summed E-state index contributed by atoms with van der Waals surface area (Å²) < 4.78 is 4.77. The van der Waals surface area contributed by atoms with E-state index in [-0.39, 0.29) is 12.5 Å².